The van der Waals surface area contributed by atoms with Gasteiger partial charge in [-0.1, -0.05) is 13.0 Å². The summed E-state index contributed by atoms with van der Waals surface area (Å²) >= 11 is 0. The summed E-state index contributed by atoms with van der Waals surface area (Å²) in [5.41, 5.74) is -0.150. The Kier molecular flexibility index (Phi) is 5.41. The number of alkyl halides is 3. The first-order valence-electron chi connectivity index (χ1n) is 9.13. The fourth-order valence-corrected chi connectivity index (χ4v) is 3.17. The van der Waals surface area contributed by atoms with E-state index in [0.717, 1.165) is 31.4 Å². The molecular formula is C18H25F3N6. The van der Waals surface area contributed by atoms with Gasteiger partial charge in [-0.15, -0.1) is 5.10 Å². The van der Waals surface area contributed by atoms with Crippen molar-refractivity contribution < 1.29 is 13.2 Å². The van der Waals surface area contributed by atoms with Gasteiger partial charge >= 0.3 is 6.18 Å². The normalized spacial score (nSPS) is 16.7. The molecule has 0 bridgehead atoms. The van der Waals surface area contributed by atoms with Gasteiger partial charge in [-0.05, 0) is 48.9 Å². The average Bonchev–Trinajstić information content (AvgIpc) is 3.11. The van der Waals surface area contributed by atoms with E-state index in [-0.39, 0.29) is 5.54 Å². The maximum Gasteiger partial charge on any atom is 0.416 e. The van der Waals surface area contributed by atoms with Crippen LogP contribution in [-0.2, 0) is 18.3 Å². The number of aromatic nitrogens is 4. The molecule has 0 spiro atoms. The lowest BCUT2D eigenvalue weighted by atomic mass is 10.0. The minimum Gasteiger partial charge on any atom is -0.369 e. The molecule has 0 radical (unpaired) electrons. The summed E-state index contributed by atoms with van der Waals surface area (Å²) in [4.78, 5) is 4.22. The van der Waals surface area contributed by atoms with Gasteiger partial charge < -0.3 is 4.90 Å². The van der Waals surface area contributed by atoms with Crippen molar-refractivity contribution in [3.8, 4) is 0 Å². The number of anilines is 1. The molecule has 0 amide bonds. The van der Waals surface area contributed by atoms with Crippen molar-refractivity contribution in [2.45, 2.75) is 45.5 Å². The highest BCUT2D eigenvalue weighted by Crippen LogP contribution is 2.32. The summed E-state index contributed by atoms with van der Waals surface area (Å²) < 4.78 is 40.6. The van der Waals surface area contributed by atoms with E-state index in [4.69, 9.17) is 0 Å². The number of benzene rings is 1. The maximum atomic E-state index is 12.9. The SMILES string of the molecule is CCC(C)(C)n1nnnc1CN1CCN(c2cccc(C(F)(F)F)c2)CC1. The first-order valence-corrected chi connectivity index (χ1v) is 9.13. The molecule has 1 aromatic carbocycles. The highest BCUT2D eigenvalue weighted by molar-refractivity contribution is 5.49. The fourth-order valence-electron chi connectivity index (χ4n) is 3.17. The number of nitrogens with zero attached hydrogens (tertiary/aromatic N) is 6. The van der Waals surface area contributed by atoms with Crippen LogP contribution in [0.3, 0.4) is 0 Å². The summed E-state index contributed by atoms with van der Waals surface area (Å²) in [5, 5.41) is 12.1. The van der Waals surface area contributed by atoms with Crippen LogP contribution in [0.5, 0.6) is 0 Å². The van der Waals surface area contributed by atoms with Crippen LogP contribution in [0.25, 0.3) is 0 Å². The van der Waals surface area contributed by atoms with Crippen LogP contribution in [0.4, 0.5) is 18.9 Å². The molecule has 0 N–H and O–H groups in total. The predicted molar refractivity (Wildman–Crippen MR) is 96.4 cm³/mol. The van der Waals surface area contributed by atoms with Crippen molar-refractivity contribution >= 4 is 5.69 Å². The molecule has 9 heteroatoms. The molecule has 6 nitrogen and oxygen atoms in total. The van der Waals surface area contributed by atoms with Crippen molar-refractivity contribution in [1.82, 2.24) is 25.1 Å². The standard InChI is InChI=1S/C18H25F3N6/c1-4-17(2,3)27-16(22-23-24-27)13-25-8-10-26(11-9-25)15-7-5-6-14(12-15)18(19,20)21/h5-7,12H,4,8-11,13H2,1-3H3. The molecule has 0 aliphatic carbocycles. The molecule has 1 aliphatic rings. The van der Waals surface area contributed by atoms with Crippen molar-refractivity contribution in [2.24, 2.45) is 0 Å². The van der Waals surface area contributed by atoms with Gasteiger partial charge in [-0.3, -0.25) is 4.90 Å². The molecule has 1 aromatic heterocycles. The second kappa shape index (κ2) is 7.46. The van der Waals surface area contributed by atoms with Crippen LogP contribution in [0, 0.1) is 0 Å². The number of rotatable bonds is 5. The van der Waals surface area contributed by atoms with Crippen LogP contribution < -0.4 is 4.90 Å². The zero-order chi connectivity index (χ0) is 19.7. The number of halogens is 3. The third-order valence-electron chi connectivity index (χ3n) is 5.25. The number of tetrazole rings is 1. The lowest BCUT2D eigenvalue weighted by Gasteiger charge is -2.36. The van der Waals surface area contributed by atoms with Crippen molar-refractivity contribution in [3.05, 3.63) is 35.7 Å². The highest BCUT2D eigenvalue weighted by atomic mass is 19.4. The van der Waals surface area contributed by atoms with E-state index in [1.54, 1.807) is 6.07 Å². The average molecular weight is 382 g/mol. The largest absolute Gasteiger partial charge is 0.416 e. The summed E-state index contributed by atoms with van der Waals surface area (Å²) in [5.74, 6) is 0.814. The van der Waals surface area contributed by atoms with E-state index < -0.39 is 11.7 Å². The third kappa shape index (κ3) is 4.40. The first-order chi connectivity index (χ1) is 12.7. The summed E-state index contributed by atoms with van der Waals surface area (Å²) in [7, 11) is 0. The Morgan fingerprint density at radius 1 is 1.07 bits per heavy atom. The molecule has 2 aromatic rings. The lowest BCUT2D eigenvalue weighted by molar-refractivity contribution is -0.137. The molecule has 27 heavy (non-hydrogen) atoms. The van der Waals surface area contributed by atoms with Gasteiger partial charge in [0.1, 0.15) is 0 Å². The second-order valence-corrected chi connectivity index (χ2v) is 7.48. The number of piperazine rings is 1. The second-order valence-electron chi connectivity index (χ2n) is 7.48. The van der Waals surface area contributed by atoms with Gasteiger partial charge in [0.25, 0.3) is 0 Å². The van der Waals surface area contributed by atoms with Gasteiger partial charge in [0, 0.05) is 31.9 Å². The van der Waals surface area contributed by atoms with E-state index in [9.17, 15) is 13.2 Å². The lowest BCUT2D eigenvalue weighted by Crippen LogP contribution is -2.46. The van der Waals surface area contributed by atoms with Crippen LogP contribution in [0.2, 0.25) is 0 Å². The minimum atomic E-state index is -4.32. The van der Waals surface area contributed by atoms with Crippen LogP contribution in [0.15, 0.2) is 24.3 Å². The van der Waals surface area contributed by atoms with Crippen LogP contribution in [0.1, 0.15) is 38.6 Å². The highest BCUT2D eigenvalue weighted by Gasteiger charge is 2.31. The van der Waals surface area contributed by atoms with Crippen LogP contribution >= 0.6 is 0 Å². The number of hydrogen-bond donors (Lipinski definition) is 0. The predicted octanol–water partition coefficient (Wildman–Crippen LogP) is 3.16. The molecular weight excluding hydrogens is 357 g/mol. The van der Waals surface area contributed by atoms with Crippen molar-refractivity contribution in [3.63, 3.8) is 0 Å². The molecule has 0 saturated carbocycles. The Morgan fingerprint density at radius 2 is 1.78 bits per heavy atom. The Labute approximate surface area is 156 Å². The van der Waals surface area contributed by atoms with Gasteiger partial charge in [0.15, 0.2) is 5.82 Å². The van der Waals surface area contributed by atoms with Gasteiger partial charge in [-0.2, -0.15) is 13.2 Å². The molecule has 148 valence electrons. The molecule has 3 rings (SSSR count). The van der Waals surface area contributed by atoms with Gasteiger partial charge in [-0.25, -0.2) is 4.68 Å². The molecule has 0 unspecified atom stereocenters. The Bertz CT molecular complexity index is 762. The smallest absolute Gasteiger partial charge is 0.369 e. The Balaban J connectivity index is 1.63. The summed E-state index contributed by atoms with van der Waals surface area (Å²) in [6.07, 6.45) is -3.41. The van der Waals surface area contributed by atoms with Gasteiger partial charge in [0.2, 0.25) is 0 Å². The van der Waals surface area contributed by atoms with Gasteiger partial charge in [0.05, 0.1) is 17.6 Å². The monoisotopic (exact) mass is 382 g/mol. The van der Waals surface area contributed by atoms with Crippen LogP contribution in [-0.4, -0.2) is 51.3 Å². The quantitative estimate of drug-likeness (QED) is 0.795. The molecule has 1 saturated heterocycles. The molecule has 1 fully saturated rings. The molecule has 2 heterocycles. The van der Waals surface area contributed by atoms with Crippen molar-refractivity contribution in [1.29, 1.82) is 0 Å². The molecule has 0 atom stereocenters. The minimum absolute atomic E-state index is 0.154. The van der Waals surface area contributed by atoms with E-state index in [0.29, 0.717) is 25.3 Å². The Hall–Kier alpha value is -2.16. The van der Waals surface area contributed by atoms with E-state index >= 15 is 0 Å². The maximum absolute atomic E-state index is 12.9. The summed E-state index contributed by atoms with van der Waals surface area (Å²) in [6, 6.07) is 5.52. The number of hydrogen-bond acceptors (Lipinski definition) is 5. The fraction of sp³-hybridized carbons (Fsp3) is 0.611. The van der Waals surface area contributed by atoms with E-state index in [1.165, 1.54) is 12.1 Å². The van der Waals surface area contributed by atoms with E-state index in [1.807, 2.05) is 9.58 Å². The zero-order valence-electron chi connectivity index (χ0n) is 15.9. The third-order valence-corrected chi connectivity index (χ3v) is 5.25. The zero-order valence-corrected chi connectivity index (χ0v) is 15.9. The van der Waals surface area contributed by atoms with E-state index in [2.05, 4.69) is 41.2 Å². The van der Waals surface area contributed by atoms with Crippen molar-refractivity contribution in [2.75, 3.05) is 31.1 Å². The molecule has 1 aliphatic heterocycles. The summed E-state index contributed by atoms with van der Waals surface area (Å²) in [6.45, 7) is 9.74. The Morgan fingerprint density at radius 3 is 2.41 bits per heavy atom. The first kappa shape index (κ1) is 19.6. The topological polar surface area (TPSA) is 50.1 Å².